The summed E-state index contributed by atoms with van der Waals surface area (Å²) >= 11 is 0. The Morgan fingerprint density at radius 3 is 2.42 bits per heavy atom. The lowest BCUT2D eigenvalue weighted by atomic mass is 9.92. The van der Waals surface area contributed by atoms with E-state index in [9.17, 15) is 23.1 Å². The van der Waals surface area contributed by atoms with Gasteiger partial charge in [-0.15, -0.1) is 0 Å². The third-order valence-corrected chi connectivity index (χ3v) is 5.27. The normalized spacial score (nSPS) is 16.1. The molecule has 1 aliphatic rings. The molecule has 0 spiro atoms. The largest absolute Gasteiger partial charge is 0.457 e. The Bertz CT molecular complexity index is 1170. The molecule has 0 saturated carbocycles. The topological polar surface area (TPSA) is 70.9 Å². The summed E-state index contributed by atoms with van der Waals surface area (Å²) in [5, 5.41) is 14.6. The second-order valence-corrected chi connectivity index (χ2v) is 7.45. The fourth-order valence-corrected chi connectivity index (χ4v) is 3.25. The van der Waals surface area contributed by atoms with Crippen molar-refractivity contribution in [3.63, 3.8) is 0 Å². The Morgan fingerprint density at radius 2 is 1.81 bits per heavy atom. The minimum Gasteiger partial charge on any atom is -0.457 e. The molecule has 1 aliphatic heterocycles. The van der Waals surface area contributed by atoms with Gasteiger partial charge in [-0.05, 0) is 60.8 Å². The number of halogens is 3. The van der Waals surface area contributed by atoms with Crippen molar-refractivity contribution in [1.29, 1.82) is 0 Å². The zero-order valence-corrected chi connectivity index (χ0v) is 16.5. The van der Waals surface area contributed by atoms with E-state index < -0.39 is 23.2 Å². The number of nitrogens with one attached hydrogen (secondary N) is 1. The molecule has 0 unspecified atom stereocenters. The number of carbonyl (C=O) groups is 1. The van der Waals surface area contributed by atoms with Crippen LogP contribution in [0.2, 0.25) is 0 Å². The van der Waals surface area contributed by atoms with E-state index in [1.165, 1.54) is 12.1 Å². The maximum atomic E-state index is 12.7. The lowest BCUT2D eigenvalue weighted by molar-refractivity contribution is -0.137. The van der Waals surface area contributed by atoms with Crippen molar-refractivity contribution in [2.24, 2.45) is 4.99 Å². The van der Waals surface area contributed by atoms with Gasteiger partial charge in [0.15, 0.2) is 0 Å². The van der Waals surface area contributed by atoms with Crippen LogP contribution < -0.4 is 10.1 Å². The number of rotatable bonds is 4. The van der Waals surface area contributed by atoms with Gasteiger partial charge < -0.3 is 15.2 Å². The molecule has 8 heteroatoms. The van der Waals surface area contributed by atoms with E-state index in [4.69, 9.17) is 4.74 Å². The first-order valence-electron chi connectivity index (χ1n) is 9.57. The Hall–Kier alpha value is -3.23. The summed E-state index contributed by atoms with van der Waals surface area (Å²) in [6.45, 7) is 2.34. The second kappa shape index (κ2) is 7.79. The maximum absolute atomic E-state index is 12.7. The molecule has 0 atom stereocenters. The summed E-state index contributed by atoms with van der Waals surface area (Å²) in [5.41, 5.74) is -1.13. The van der Waals surface area contributed by atoms with Crippen LogP contribution in [0.25, 0.3) is 10.8 Å². The zero-order chi connectivity index (χ0) is 22.2. The standard InChI is InChI=1S/C23H19F3N2O3/c1-14(22(30)12-27-13-22)28-21(29)16-5-10-19-15(11-16)3-2-4-20(19)31-18-8-6-17(7-9-18)23(24,25)26/h2-11,27,30H,12-13H2,1H3/b28-14+. The number of ether oxygens (including phenoxy) is 1. The van der Waals surface area contributed by atoms with Crippen molar-refractivity contribution >= 4 is 22.4 Å². The Balaban J connectivity index is 1.58. The number of aliphatic imine (C=N–C) groups is 1. The Labute approximate surface area is 176 Å². The molecular weight excluding hydrogens is 409 g/mol. The van der Waals surface area contributed by atoms with Crippen molar-refractivity contribution < 1.29 is 27.8 Å². The summed E-state index contributed by atoms with van der Waals surface area (Å²) in [6, 6.07) is 14.6. The number of carbonyl (C=O) groups excluding carboxylic acids is 1. The molecule has 2 N–H and O–H groups in total. The van der Waals surface area contributed by atoms with E-state index >= 15 is 0 Å². The first kappa shape index (κ1) is 21.0. The van der Waals surface area contributed by atoms with Crippen molar-refractivity contribution in [2.45, 2.75) is 18.7 Å². The number of amides is 1. The predicted octanol–water partition coefficient (Wildman–Crippen LogP) is 4.59. The molecule has 1 fully saturated rings. The van der Waals surface area contributed by atoms with Gasteiger partial charge in [0.1, 0.15) is 17.1 Å². The van der Waals surface area contributed by atoms with Crippen molar-refractivity contribution in [3.8, 4) is 11.5 Å². The van der Waals surface area contributed by atoms with Crippen molar-refractivity contribution in [1.82, 2.24) is 5.32 Å². The van der Waals surface area contributed by atoms with E-state index in [0.717, 1.165) is 12.1 Å². The van der Waals surface area contributed by atoms with Crippen LogP contribution >= 0.6 is 0 Å². The van der Waals surface area contributed by atoms with Gasteiger partial charge in [-0.2, -0.15) is 13.2 Å². The first-order chi connectivity index (χ1) is 14.7. The van der Waals surface area contributed by atoms with Crippen molar-refractivity contribution in [2.75, 3.05) is 13.1 Å². The third-order valence-electron chi connectivity index (χ3n) is 5.27. The number of benzene rings is 3. The molecule has 0 radical (unpaired) electrons. The van der Waals surface area contributed by atoms with Crippen LogP contribution in [0, 0.1) is 0 Å². The van der Waals surface area contributed by atoms with Crippen LogP contribution in [-0.2, 0) is 6.18 Å². The number of aliphatic hydroxyl groups is 1. The van der Waals surface area contributed by atoms with Crippen molar-refractivity contribution in [3.05, 3.63) is 71.8 Å². The Morgan fingerprint density at radius 1 is 1.10 bits per heavy atom. The average molecular weight is 428 g/mol. The van der Waals surface area contributed by atoms with Gasteiger partial charge in [-0.3, -0.25) is 4.79 Å². The smallest absolute Gasteiger partial charge is 0.416 e. The van der Waals surface area contributed by atoms with E-state index in [2.05, 4.69) is 10.3 Å². The highest BCUT2D eigenvalue weighted by Gasteiger charge is 2.37. The van der Waals surface area contributed by atoms with E-state index in [1.54, 1.807) is 43.3 Å². The average Bonchev–Trinajstić information content (AvgIpc) is 2.71. The van der Waals surface area contributed by atoms with E-state index in [-0.39, 0.29) is 5.75 Å². The molecule has 3 aromatic rings. The number of hydrogen-bond donors (Lipinski definition) is 2. The molecule has 1 heterocycles. The van der Waals surface area contributed by atoms with Gasteiger partial charge in [0, 0.05) is 24.0 Å². The fourth-order valence-electron chi connectivity index (χ4n) is 3.25. The maximum Gasteiger partial charge on any atom is 0.416 e. The zero-order valence-electron chi connectivity index (χ0n) is 16.5. The lowest BCUT2D eigenvalue weighted by Crippen LogP contribution is -2.63. The number of nitrogens with zero attached hydrogens (tertiary/aromatic N) is 1. The van der Waals surface area contributed by atoms with Gasteiger partial charge in [-0.1, -0.05) is 12.1 Å². The molecular formula is C23H19F3N2O3. The van der Waals surface area contributed by atoms with Crippen LogP contribution in [0.1, 0.15) is 22.8 Å². The molecule has 1 saturated heterocycles. The summed E-state index contributed by atoms with van der Waals surface area (Å²) in [7, 11) is 0. The molecule has 31 heavy (non-hydrogen) atoms. The second-order valence-electron chi connectivity index (χ2n) is 7.45. The number of alkyl halides is 3. The number of fused-ring (bicyclic) bond motifs is 1. The highest BCUT2D eigenvalue weighted by Crippen LogP contribution is 2.34. The van der Waals surface area contributed by atoms with Gasteiger partial charge >= 0.3 is 6.18 Å². The molecule has 0 aliphatic carbocycles. The van der Waals surface area contributed by atoms with Gasteiger partial charge in [0.2, 0.25) is 0 Å². The quantitative estimate of drug-likeness (QED) is 0.597. The minimum atomic E-state index is -4.41. The van der Waals surface area contributed by atoms with Gasteiger partial charge in [-0.25, -0.2) is 4.99 Å². The molecule has 1 amide bonds. The number of hydrogen-bond acceptors (Lipinski definition) is 4. The minimum absolute atomic E-state index is 0.267. The molecule has 3 aromatic carbocycles. The third kappa shape index (κ3) is 4.30. The van der Waals surface area contributed by atoms with Gasteiger partial charge in [0.25, 0.3) is 5.91 Å². The summed E-state index contributed by atoms with van der Waals surface area (Å²) in [5.74, 6) is 0.253. The van der Waals surface area contributed by atoms with Gasteiger partial charge in [0.05, 0.1) is 11.3 Å². The lowest BCUT2D eigenvalue weighted by Gasteiger charge is -2.37. The molecule has 5 nitrogen and oxygen atoms in total. The van der Waals surface area contributed by atoms with Crippen LogP contribution in [0.3, 0.4) is 0 Å². The summed E-state index contributed by atoms with van der Waals surface area (Å²) in [4.78, 5) is 16.6. The number of β-amino-alcohol motifs (C(OH)–C–C–N with tert-alkyl or cyclic N) is 1. The Kier molecular flexibility index (Phi) is 5.28. The monoisotopic (exact) mass is 428 g/mol. The molecule has 0 aromatic heterocycles. The fraction of sp³-hybridized carbons (Fsp3) is 0.217. The SMILES string of the molecule is C/C(=N\C(=O)c1ccc2c(Oc3ccc(C(F)(F)F)cc3)cccc2c1)C1(O)CNC1. The molecule has 4 rings (SSSR count). The molecule has 160 valence electrons. The van der Waals surface area contributed by atoms with Crippen LogP contribution in [0.4, 0.5) is 13.2 Å². The first-order valence-corrected chi connectivity index (χ1v) is 9.57. The highest BCUT2D eigenvalue weighted by molar-refractivity contribution is 6.08. The highest BCUT2D eigenvalue weighted by atomic mass is 19.4. The molecule has 0 bridgehead atoms. The van der Waals surface area contributed by atoms with Crippen LogP contribution in [-0.4, -0.2) is 35.4 Å². The summed E-state index contributed by atoms with van der Waals surface area (Å²) in [6.07, 6.45) is -4.41. The van der Waals surface area contributed by atoms with E-state index in [0.29, 0.717) is 40.9 Å². The predicted molar refractivity (Wildman–Crippen MR) is 111 cm³/mol. The van der Waals surface area contributed by atoms with E-state index in [1.807, 2.05) is 0 Å². The van der Waals surface area contributed by atoms with Crippen LogP contribution in [0.15, 0.2) is 65.7 Å². The summed E-state index contributed by atoms with van der Waals surface area (Å²) < 4.78 is 44.0. The van der Waals surface area contributed by atoms with Crippen LogP contribution in [0.5, 0.6) is 11.5 Å².